The van der Waals surface area contributed by atoms with Crippen molar-refractivity contribution >= 4 is 14.1 Å². The number of carbonyl (C=O) groups is 1. The van der Waals surface area contributed by atoms with E-state index in [1.165, 1.54) is 0 Å². The lowest BCUT2D eigenvalue weighted by Crippen LogP contribution is -1.66. The number of allylic oxidation sites excluding steroid dienone is 1. The fraction of sp³-hybridized carbons (Fsp3) is 0.250. The highest BCUT2D eigenvalue weighted by Gasteiger charge is 2.00. The average Bonchev–Trinajstić information content (AvgIpc) is 2.31. The molecule has 0 saturated carbocycles. The lowest BCUT2D eigenvalue weighted by Gasteiger charge is -1.82. The third-order valence-electron chi connectivity index (χ3n) is 0.868. The molecule has 0 bridgehead atoms. The van der Waals surface area contributed by atoms with Crippen molar-refractivity contribution in [2.45, 2.75) is 13.8 Å². The Morgan fingerprint density at radius 1 is 1.11 bits per heavy atom. The largest absolute Gasteiger partial charge is 0.466 e. The van der Waals surface area contributed by atoms with Gasteiger partial charge in [-0.1, -0.05) is 43.0 Å². The van der Waals surface area contributed by atoms with Gasteiger partial charge in [0.1, 0.15) is 6.29 Å². The van der Waals surface area contributed by atoms with Crippen LogP contribution in [0.1, 0.15) is 13.8 Å². The average molecular weight is 292 g/mol. The van der Waals surface area contributed by atoms with Crippen LogP contribution in [0, 0.1) is 0 Å². The number of carbonyl (C=O) groups excluding carboxylic acids is 1. The van der Waals surface area contributed by atoms with Crippen molar-refractivity contribution in [1.29, 1.82) is 0 Å². The van der Waals surface area contributed by atoms with Crippen molar-refractivity contribution in [3.8, 4) is 0 Å². The van der Waals surface area contributed by atoms with Gasteiger partial charge in [-0.15, -0.1) is 0 Å². The number of benzene rings is 1. The van der Waals surface area contributed by atoms with Crippen LogP contribution in [-0.2, 0) is 9.36 Å². The molecule has 0 aliphatic carbocycles. The van der Waals surface area contributed by atoms with E-state index in [0.717, 1.165) is 6.29 Å². The van der Waals surface area contributed by atoms with Crippen molar-refractivity contribution in [2.24, 2.45) is 0 Å². The SMILES string of the molecule is C=C(C)C=O.CCO.O=P(O)(O)O.c1ccccc1. The lowest BCUT2D eigenvalue weighted by molar-refractivity contribution is -0.104. The number of aldehydes is 1. The molecule has 0 saturated heterocycles. The Bertz CT molecular complexity index is 312. The summed E-state index contributed by atoms with van der Waals surface area (Å²) >= 11 is 0. The second kappa shape index (κ2) is 16.7. The van der Waals surface area contributed by atoms with Gasteiger partial charge in [0, 0.05) is 6.61 Å². The number of aliphatic hydroxyl groups excluding tert-OH is 1. The molecular weight excluding hydrogens is 271 g/mol. The topological polar surface area (TPSA) is 115 Å². The van der Waals surface area contributed by atoms with Crippen LogP contribution in [-0.4, -0.2) is 32.7 Å². The van der Waals surface area contributed by atoms with Crippen LogP contribution < -0.4 is 0 Å². The van der Waals surface area contributed by atoms with E-state index >= 15 is 0 Å². The Balaban J connectivity index is -0.000000185. The second-order valence-electron chi connectivity index (χ2n) is 2.95. The van der Waals surface area contributed by atoms with E-state index in [4.69, 9.17) is 24.4 Å². The summed E-state index contributed by atoms with van der Waals surface area (Å²) in [5, 5.41) is 7.57. The fourth-order valence-electron chi connectivity index (χ4n) is 0.385. The minimum atomic E-state index is -4.64. The zero-order valence-corrected chi connectivity index (χ0v) is 11.9. The Hall–Kier alpha value is -1.30. The standard InChI is InChI=1S/C6H6.C4H6O.C2H6O.H3O4P/c1-2-4-6-5-3-1;1-4(2)3-5;1-2-3;1-5(2,3)4/h1-6H;3H,1H2,2H3;3H,2H2,1H3;(H3,1,2,3,4). The minimum Gasteiger partial charge on any atom is -0.397 e. The molecule has 0 amide bonds. The summed E-state index contributed by atoms with van der Waals surface area (Å²) in [4.78, 5) is 31.0. The van der Waals surface area contributed by atoms with Gasteiger partial charge in [-0.2, -0.15) is 0 Å². The Morgan fingerprint density at radius 2 is 1.21 bits per heavy atom. The molecule has 1 aromatic carbocycles. The molecular formula is C12H21O6P. The number of hydrogen-bond donors (Lipinski definition) is 4. The first-order chi connectivity index (χ1) is 8.68. The molecule has 0 spiro atoms. The van der Waals surface area contributed by atoms with Crippen LogP contribution in [0.5, 0.6) is 0 Å². The minimum absolute atomic E-state index is 0.250. The summed E-state index contributed by atoms with van der Waals surface area (Å²) in [6.45, 7) is 6.90. The van der Waals surface area contributed by atoms with Crippen LogP contribution in [0.15, 0.2) is 48.6 Å². The molecule has 0 atom stereocenters. The van der Waals surface area contributed by atoms with Gasteiger partial charge in [0.2, 0.25) is 0 Å². The van der Waals surface area contributed by atoms with Gasteiger partial charge < -0.3 is 19.8 Å². The molecule has 0 aliphatic heterocycles. The van der Waals surface area contributed by atoms with Gasteiger partial charge >= 0.3 is 7.82 Å². The predicted molar refractivity (Wildman–Crippen MR) is 74.3 cm³/mol. The highest BCUT2D eigenvalue weighted by molar-refractivity contribution is 7.45. The van der Waals surface area contributed by atoms with Crippen LogP contribution >= 0.6 is 7.82 Å². The zero-order valence-electron chi connectivity index (χ0n) is 11.0. The van der Waals surface area contributed by atoms with Gasteiger partial charge in [0.05, 0.1) is 0 Å². The number of aliphatic hydroxyl groups is 1. The summed E-state index contributed by atoms with van der Waals surface area (Å²) in [5.74, 6) is 0. The third kappa shape index (κ3) is 80.4. The summed E-state index contributed by atoms with van der Waals surface area (Å²) in [7, 11) is -4.64. The quantitative estimate of drug-likeness (QED) is 0.354. The monoisotopic (exact) mass is 292 g/mol. The molecule has 0 aromatic heterocycles. The van der Waals surface area contributed by atoms with Crippen LogP contribution in [0.25, 0.3) is 0 Å². The van der Waals surface area contributed by atoms with E-state index < -0.39 is 7.82 Å². The van der Waals surface area contributed by atoms with Gasteiger partial charge in [0.25, 0.3) is 0 Å². The first-order valence-electron chi connectivity index (χ1n) is 5.18. The number of rotatable bonds is 1. The summed E-state index contributed by atoms with van der Waals surface area (Å²) in [6.07, 6.45) is 0.722. The molecule has 4 N–H and O–H groups in total. The van der Waals surface area contributed by atoms with E-state index in [-0.39, 0.29) is 6.61 Å². The second-order valence-corrected chi connectivity index (χ2v) is 3.97. The normalized spacial score (nSPS) is 8.32. The van der Waals surface area contributed by atoms with E-state index in [0.29, 0.717) is 5.57 Å². The van der Waals surface area contributed by atoms with E-state index in [1.54, 1.807) is 13.8 Å². The Labute approximate surface area is 113 Å². The molecule has 110 valence electrons. The maximum absolute atomic E-state index is 9.41. The van der Waals surface area contributed by atoms with Crippen molar-refractivity contribution in [3.05, 3.63) is 48.6 Å². The Morgan fingerprint density at radius 3 is 1.26 bits per heavy atom. The Kier molecular flexibility index (Phi) is 20.1. The van der Waals surface area contributed by atoms with E-state index in [1.807, 2.05) is 36.4 Å². The maximum Gasteiger partial charge on any atom is 0.466 e. The van der Waals surface area contributed by atoms with Gasteiger partial charge in [0.15, 0.2) is 0 Å². The molecule has 0 fully saturated rings. The number of phosphoric acid groups is 1. The smallest absolute Gasteiger partial charge is 0.397 e. The highest BCUT2D eigenvalue weighted by Crippen LogP contribution is 2.25. The molecule has 0 unspecified atom stereocenters. The van der Waals surface area contributed by atoms with Gasteiger partial charge in [-0.05, 0) is 19.4 Å². The lowest BCUT2D eigenvalue weighted by atomic mass is 10.4. The van der Waals surface area contributed by atoms with Crippen molar-refractivity contribution in [2.75, 3.05) is 6.61 Å². The van der Waals surface area contributed by atoms with E-state index in [2.05, 4.69) is 6.58 Å². The molecule has 19 heavy (non-hydrogen) atoms. The van der Waals surface area contributed by atoms with Crippen LogP contribution in [0.2, 0.25) is 0 Å². The first kappa shape index (κ1) is 22.8. The maximum atomic E-state index is 9.41. The fourth-order valence-corrected chi connectivity index (χ4v) is 0.385. The molecule has 1 rings (SSSR count). The van der Waals surface area contributed by atoms with Gasteiger partial charge in [-0.25, -0.2) is 4.57 Å². The molecule has 0 heterocycles. The number of hydrogen-bond acceptors (Lipinski definition) is 3. The molecule has 1 aromatic rings. The molecule has 0 radical (unpaired) electrons. The molecule has 7 heteroatoms. The van der Waals surface area contributed by atoms with Gasteiger partial charge in [-0.3, -0.25) is 4.79 Å². The van der Waals surface area contributed by atoms with Crippen LogP contribution in [0.3, 0.4) is 0 Å². The van der Waals surface area contributed by atoms with Crippen molar-refractivity contribution < 1.29 is 29.1 Å². The molecule has 6 nitrogen and oxygen atoms in total. The van der Waals surface area contributed by atoms with Crippen molar-refractivity contribution in [3.63, 3.8) is 0 Å². The first-order valence-corrected chi connectivity index (χ1v) is 6.75. The highest BCUT2D eigenvalue weighted by atomic mass is 31.2. The van der Waals surface area contributed by atoms with E-state index in [9.17, 15) is 4.79 Å². The summed E-state index contributed by atoms with van der Waals surface area (Å²) in [6, 6.07) is 12.0. The van der Waals surface area contributed by atoms with Crippen molar-refractivity contribution in [1.82, 2.24) is 0 Å². The summed E-state index contributed by atoms with van der Waals surface area (Å²) in [5.41, 5.74) is 0.574. The molecule has 0 aliphatic rings. The van der Waals surface area contributed by atoms with Crippen LogP contribution in [0.4, 0.5) is 0 Å². The predicted octanol–water partition coefficient (Wildman–Crippen LogP) is 1.52. The summed E-state index contributed by atoms with van der Waals surface area (Å²) < 4.78 is 8.88. The zero-order chi connectivity index (χ0) is 15.7. The third-order valence-corrected chi connectivity index (χ3v) is 0.868.